The van der Waals surface area contributed by atoms with Crippen molar-refractivity contribution in [3.05, 3.63) is 77.8 Å². The summed E-state index contributed by atoms with van der Waals surface area (Å²) in [6, 6.07) is 3.64. The van der Waals surface area contributed by atoms with Gasteiger partial charge in [0.25, 0.3) is 11.5 Å². The fraction of sp³-hybridized carbons (Fsp3) is 0.379. The van der Waals surface area contributed by atoms with E-state index < -0.39 is 50.8 Å². The van der Waals surface area contributed by atoms with Crippen LogP contribution >= 0.6 is 0 Å². The van der Waals surface area contributed by atoms with Crippen molar-refractivity contribution >= 4 is 27.5 Å². The number of aryl methyl sites for hydroxylation is 1. The second-order valence-electron chi connectivity index (χ2n) is 10.4. The summed E-state index contributed by atoms with van der Waals surface area (Å²) in [4.78, 5) is 35.1. The molecule has 17 heteroatoms. The molecule has 250 valence electrons. The van der Waals surface area contributed by atoms with Gasteiger partial charge in [-0.1, -0.05) is 31.6 Å². The summed E-state index contributed by atoms with van der Waals surface area (Å²) in [7, 11) is -3.62. The minimum Gasteiger partial charge on any atom is -0.465 e. The van der Waals surface area contributed by atoms with Gasteiger partial charge in [-0.3, -0.25) is 14.7 Å². The van der Waals surface area contributed by atoms with E-state index in [1.807, 2.05) is 0 Å². The number of urea groups is 1. The molecule has 0 spiro atoms. The maximum Gasteiger partial charge on any atom is 0.430 e. The van der Waals surface area contributed by atoms with Gasteiger partial charge in [-0.05, 0) is 50.1 Å². The summed E-state index contributed by atoms with van der Waals surface area (Å²) in [5, 5.41) is 12.1. The van der Waals surface area contributed by atoms with Crippen LogP contribution in [0.3, 0.4) is 0 Å². The number of aliphatic imine (C=N–C) groups is 1. The Morgan fingerprint density at radius 1 is 1.13 bits per heavy atom. The smallest absolute Gasteiger partial charge is 0.430 e. The number of aliphatic hydroxyl groups is 1. The van der Waals surface area contributed by atoms with E-state index in [0.717, 1.165) is 29.7 Å². The van der Waals surface area contributed by atoms with Gasteiger partial charge in [-0.25, -0.2) is 18.2 Å². The highest BCUT2D eigenvalue weighted by atomic mass is 32.2. The number of halogens is 6. The Hall–Kier alpha value is -4.25. The Balaban J connectivity index is 1.88. The zero-order valence-electron chi connectivity index (χ0n) is 24.9. The molecule has 1 aromatic carbocycles. The van der Waals surface area contributed by atoms with Crippen molar-refractivity contribution in [2.75, 3.05) is 12.8 Å². The SMILES string of the molecule is C\C=C/N=C(/C=C/Oc1ccc(C(O)(C(F)(F)F)C(F)(F)F)cc1CCC)CN1C(=O)NC(C)(c2ccc(S(C)(=O)=O)nc2)C1=O. The quantitative estimate of drug-likeness (QED) is 0.147. The molecule has 0 bridgehead atoms. The summed E-state index contributed by atoms with van der Waals surface area (Å²) >= 11 is 0. The van der Waals surface area contributed by atoms with E-state index >= 15 is 0 Å². The van der Waals surface area contributed by atoms with Gasteiger partial charge in [0.2, 0.25) is 0 Å². The van der Waals surface area contributed by atoms with Crippen LogP contribution in [0.4, 0.5) is 31.1 Å². The topological polar surface area (TPSA) is 138 Å². The van der Waals surface area contributed by atoms with Crippen LogP contribution in [-0.4, -0.2) is 66.2 Å². The standard InChI is InChI=1S/C29H30F6N4O6S/c1-5-7-18-15-19(27(42,28(30,31)32)29(33,34)35)8-10-22(18)45-14-12-21(36-13-6-2)17-39-24(40)26(3,38-25(39)41)20-9-11-23(37-16-20)46(4,43)44/h6,8-16,42H,5,7,17H2,1-4H3,(H,38,41)/b13-6-,14-12+,36-21-. The van der Waals surface area contributed by atoms with Gasteiger partial charge in [-0.15, -0.1) is 0 Å². The van der Waals surface area contributed by atoms with E-state index in [2.05, 4.69) is 15.3 Å². The molecule has 0 radical (unpaired) electrons. The van der Waals surface area contributed by atoms with Crippen LogP contribution in [0.15, 0.2) is 71.2 Å². The Morgan fingerprint density at radius 2 is 1.78 bits per heavy atom. The van der Waals surface area contributed by atoms with Crippen LogP contribution < -0.4 is 10.1 Å². The molecule has 1 saturated heterocycles. The predicted molar refractivity (Wildman–Crippen MR) is 153 cm³/mol. The molecule has 3 rings (SSSR count). The molecule has 1 aromatic heterocycles. The number of hydrogen-bond donors (Lipinski definition) is 2. The number of nitrogens with zero attached hydrogens (tertiary/aromatic N) is 3. The van der Waals surface area contributed by atoms with Gasteiger partial charge in [0.1, 0.15) is 11.3 Å². The highest BCUT2D eigenvalue weighted by molar-refractivity contribution is 7.90. The Labute approximate surface area is 260 Å². The molecule has 2 aromatic rings. The van der Waals surface area contributed by atoms with Gasteiger partial charge >= 0.3 is 18.4 Å². The lowest BCUT2D eigenvalue weighted by Crippen LogP contribution is -2.53. The third-order valence-electron chi connectivity index (χ3n) is 6.95. The van der Waals surface area contributed by atoms with Crippen molar-refractivity contribution in [1.29, 1.82) is 0 Å². The fourth-order valence-electron chi connectivity index (χ4n) is 4.46. The average Bonchev–Trinajstić information content (AvgIpc) is 3.18. The zero-order valence-corrected chi connectivity index (χ0v) is 25.7. The number of aromatic nitrogens is 1. The van der Waals surface area contributed by atoms with E-state index in [4.69, 9.17) is 4.74 Å². The molecule has 1 aliphatic heterocycles. The highest BCUT2D eigenvalue weighted by Crippen LogP contribution is 2.50. The molecule has 1 aliphatic rings. The van der Waals surface area contributed by atoms with Crippen molar-refractivity contribution in [2.45, 2.75) is 62.1 Å². The number of hydrogen-bond acceptors (Lipinski definition) is 8. The van der Waals surface area contributed by atoms with Crippen LogP contribution in [-0.2, 0) is 32.2 Å². The van der Waals surface area contributed by atoms with Crippen molar-refractivity contribution in [1.82, 2.24) is 15.2 Å². The normalized spacial score (nSPS) is 18.6. The van der Waals surface area contributed by atoms with E-state index in [0.29, 0.717) is 18.6 Å². The third-order valence-corrected chi connectivity index (χ3v) is 7.95. The van der Waals surface area contributed by atoms with Crippen molar-refractivity contribution in [3.63, 3.8) is 0 Å². The van der Waals surface area contributed by atoms with Crippen LogP contribution in [0.1, 0.15) is 43.9 Å². The molecule has 46 heavy (non-hydrogen) atoms. The van der Waals surface area contributed by atoms with Crippen LogP contribution in [0, 0.1) is 0 Å². The van der Waals surface area contributed by atoms with Crippen LogP contribution in [0.5, 0.6) is 5.75 Å². The number of nitrogens with one attached hydrogen (secondary N) is 1. The molecule has 1 fully saturated rings. The van der Waals surface area contributed by atoms with Crippen LogP contribution in [0.2, 0.25) is 0 Å². The number of alkyl halides is 6. The maximum atomic E-state index is 13.4. The lowest BCUT2D eigenvalue weighted by molar-refractivity contribution is -0.376. The molecule has 3 amide bonds. The molecule has 10 nitrogen and oxygen atoms in total. The fourth-order valence-corrected chi connectivity index (χ4v) is 5.02. The van der Waals surface area contributed by atoms with Gasteiger partial charge in [0.05, 0.1) is 18.5 Å². The first-order chi connectivity index (χ1) is 21.2. The Morgan fingerprint density at radius 3 is 2.30 bits per heavy atom. The third kappa shape index (κ3) is 7.25. The molecular weight excluding hydrogens is 646 g/mol. The first-order valence-corrected chi connectivity index (χ1v) is 15.4. The molecule has 2 heterocycles. The number of amides is 3. The molecular formula is C29H30F6N4O6S. The molecule has 0 aliphatic carbocycles. The first kappa shape index (κ1) is 36.2. The Bertz CT molecular complexity index is 1660. The van der Waals surface area contributed by atoms with Gasteiger partial charge in [-0.2, -0.15) is 26.3 Å². The summed E-state index contributed by atoms with van der Waals surface area (Å²) in [6.07, 6.45) is -4.52. The van der Waals surface area contributed by atoms with E-state index in [-0.39, 0.29) is 40.6 Å². The number of benzene rings is 1. The van der Waals surface area contributed by atoms with Gasteiger partial charge in [0, 0.05) is 29.8 Å². The predicted octanol–water partition coefficient (Wildman–Crippen LogP) is 5.08. The first-order valence-electron chi connectivity index (χ1n) is 13.5. The molecule has 1 unspecified atom stereocenters. The molecule has 1 atom stereocenters. The number of imide groups is 1. The average molecular weight is 677 g/mol. The number of pyridine rings is 1. The number of carbonyl (C=O) groups excluding carboxylic acids is 2. The minimum atomic E-state index is -6.05. The van der Waals surface area contributed by atoms with Crippen molar-refractivity contribution in [2.24, 2.45) is 4.99 Å². The number of ether oxygens (including phenoxy) is 1. The van der Waals surface area contributed by atoms with E-state index in [1.54, 1.807) is 19.9 Å². The lowest BCUT2D eigenvalue weighted by atomic mass is 9.90. The Kier molecular flexibility index (Phi) is 10.4. The second-order valence-corrected chi connectivity index (χ2v) is 12.4. The zero-order chi connectivity index (χ0) is 34.7. The number of allylic oxidation sites excluding steroid dienone is 1. The van der Waals surface area contributed by atoms with E-state index in [9.17, 15) is 49.5 Å². The van der Waals surface area contributed by atoms with E-state index in [1.165, 1.54) is 31.3 Å². The summed E-state index contributed by atoms with van der Waals surface area (Å²) in [5.74, 6) is -0.817. The molecule has 0 saturated carbocycles. The second kappa shape index (κ2) is 13.2. The number of carbonyl (C=O) groups is 2. The monoisotopic (exact) mass is 676 g/mol. The van der Waals surface area contributed by atoms with Crippen molar-refractivity contribution in [3.8, 4) is 5.75 Å². The largest absolute Gasteiger partial charge is 0.465 e. The molecule has 2 N–H and O–H groups in total. The van der Waals surface area contributed by atoms with Crippen molar-refractivity contribution < 1.29 is 54.2 Å². The minimum absolute atomic E-state index is 0.00336. The highest BCUT2D eigenvalue weighted by Gasteiger charge is 2.71. The van der Waals surface area contributed by atoms with Gasteiger partial charge in [0.15, 0.2) is 14.9 Å². The number of sulfone groups is 1. The summed E-state index contributed by atoms with van der Waals surface area (Å²) in [6.45, 7) is 4.30. The summed E-state index contributed by atoms with van der Waals surface area (Å²) in [5.41, 5.74) is -7.88. The number of rotatable bonds is 11. The lowest BCUT2D eigenvalue weighted by Gasteiger charge is -2.33. The van der Waals surface area contributed by atoms with Crippen LogP contribution in [0.25, 0.3) is 0 Å². The maximum absolute atomic E-state index is 13.4. The van der Waals surface area contributed by atoms with Gasteiger partial charge < -0.3 is 15.2 Å². The summed E-state index contributed by atoms with van der Waals surface area (Å²) < 4.78 is 109.